The number of rotatable bonds is 5. The van der Waals surface area contributed by atoms with Gasteiger partial charge in [-0.25, -0.2) is 0 Å². The smallest absolute Gasteiger partial charge is 0.255 e. The normalized spacial score (nSPS) is 17.7. The molecule has 1 fully saturated rings. The van der Waals surface area contributed by atoms with Crippen molar-refractivity contribution in [1.29, 1.82) is 0 Å². The molecule has 2 heterocycles. The van der Waals surface area contributed by atoms with E-state index in [0.717, 1.165) is 30.2 Å². The maximum absolute atomic E-state index is 12.8. The summed E-state index contributed by atoms with van der Waals surface area (Å²) in [6.07, 6.45) is 6.10. The van der Waals surface area contributed by atoms with E-state index in [-0.39, 0.29) is 29.5 Å². The van der Waals surface area contributed by atoms with Crippen LogP contribution in [0.5, 0.6) is 0 Å². The van der Waals surface area contributed by atoms with Crippen LogP contribution in [0.4, 0.5) is 0 Å². The Labute approximate surface area is 190 Å². The quantitative estimate of drug-likeness (QED) is 0.444. The summed E-state index contributed by atoms with van der Waals surface area (Å²) in [5, 5.41) is 7.22. The molecule has 0 spiro atoms. The number of H-pyrrole nitrogens is 1. The molecule has 2 amide bonds. The fourth-order valence-corrected chi connectivity index (χ4v) is 4.41. The van der Waals surface area contributed by atoms with Crippen LogP contribution < -0.4 is 16.2 Å². The maximum Gasteiger partial charge on any atom is 0.255 e. The number of carbonyl (C=O) groups is 2. The molecule has 2 atom stereocenters. The van der Waals surface area contributed by atoms with E-state index in [9.17, 15) is 14.4 Å². The van der Waals surface area contributed by atoms with Gasteiger partial charge >= 0.3 is 0 Å². The van der Waals surface area contributed by atoms with Gasteiger partial charge in [-0.3, -0.25) is 19.0 Å². The molecule has 7 nitrogen and oxygen atoms in total. The van der Waals surface area contributed by atoms with E-state index in [1.165, 1.54) is 10.6 Å². The predicted molar refractivity (Wildman–Crippen MR) is 127 cm³/mol. The fraction of sp³-hybridized carbons (Fsp3) is 0.192. The molecular formula is C26H24N4O3. The number of amides is 2. The van der Waals surface area contributed by atoms with Crippen molar-refractivity contribution in [1.82, 2.24) is 20.2 Å². The lowest BCUT2D eigenvalue weighted by molar-refractivity contribution is 0.0892. The van der Waals surface area contributed by atoms with Gasteiger partial charge in [-0.05, 0) is 73.2 Å². The van der Waals surface area contributed by atoms with E-state index in [4.69, 9.17) is 0 Å². The lowest BCUT2D eigenvalue weighted by Crippen LogP contribution is -2.48. The number of nitrogens with one attached hydrogen (secondary N) is 3. The van der Waals surface area contributed by atoms with Gasteiger partial charge in [-0.15, -0.1) is 0 Å². The standard InChI is InChI=1S/C26H24N4O3/c31-24-6-1-2-15-30(24)20-11-9-18(10-12-20)25(32)28-21-4-3-5-22(21)29-26(33)19-8-7-17-13-14-27-23(17)16-19/h1-2,6-16,21-22,27H,3-5H2,(H,28,32)(H,29,33)/t21-,22+/m0/s1. The second kappa shape index (κ2) is 8.78. The molecule has 166 valence electrons. The van der Waals surface area contributed by atoms with Gasteiger partial charge in [0.1, 0.15) is 0 Å². The molecule has 4 aromatic rings. The topological polar surface area (TPSA) is 96.0 Å². The largest absolute Gasteiger partial charge is 0.361 e. The second-order valence-electron chi connectivity index (χ2n) is 8.33. The van der Waals surface area contributed by atoms with Crippen LogP contribution in [0.25, 0.3) is 16.6 Å². The number of carbonyl (C=O) groups excluding carboxylic acids is 2. The minimum Gasteiger partial charge on any atom is -0.361 e. The highest BCUT2D eigenvalue weighted by Crippen LogP contribution is 2.21. The summed E-state index contributed by atoms with van der Waals surface area (Å²) in [6, 6.07) is 19.2. The van der Waals surface area contributed by atoms with Crippen LogP contribution >= 0.6 is 0 Å². The fourth-order valence-electron chi connectivity index (χ4n) is 4.41. The zero-order valence-corrected chi connectivity index (χ0v) is 18.0. The zero-order chi connectivity index (χ0) is 22.8. The number of hydrogen-bond donors (Lipinski definition) is 3. The van der Waals surface area contributed by atoms with Crippen molar-refractivity contribution in [3.8, 4) is 5.69 Å². The van der Waals surface area contributed by atoms with Gasteiger partial charge in [0, 0.05) is 52.9 Å². The van der Waals surface area contributed by atoms with Crippen LogP contribution in [0, 0.1) is 0 Å². The van der Waals surface area contributed by atoms with Gasteiger partial charge in [-0.2, -0.15) is 0 Å². The molecule has 3 N–H and O–H groups in total. The molecule has 5 rings (SSSR count). The average Bonchev–Trinajstić information content (AvgIpc) is 3.48. The van der Waals surface area contributed by atoms with Crippen LogP contribution in [0.15, 0.2) is 83.9 Å². The first kappa shape index (κ1) is 20.8. The third-order valence-electron chi connectivity index (χ3n) is 6.20. The van der Waals surface area contributed by atoms with Crippen LogP contribution in [-0.4, -0.2) is 33.4 Å². The lowest BCUT2D eigenvalue weighted by Gasteiger charge is -2.22. The summed E-state index contributed by atoms with van der Waals surface area (Å²) in [7, 11) is 0. The molecule has 7 heteroatoms. The van der Waals surface area contributed by atoms with Crippen molar-refractivity contribution in [3.05, 3.63) is 101 Å². The van der Waals surface area contributed by atoms with Crippen molar-refractivity contribution in [2.24, 2.45) is 0 Å². The highest BCUT2D eigenvalue weighted by Gasteiger charge is 2.30. The van der Waals surface area contributed by atoms with E-state index >= 15 is 0 Å². The molecule has 1 aliphatic rings. The predicted octanol–water partition coefficient (Wildman–Crippen LogP) is 3.40. The summed E-state index contributed by atoms with van der Waals surface area (Å²) in [4.78, 5) is 40.8. The molecule has 0 saturated heterocycles. The first-order valence-corrected chi connectivity index (χ1v) is 11.1. The molecule has 0 unspecified atom stereocenters. The van der Waals surface area contributed by atoms with Crippen LogP contribution in [0.1, 0.15) is 40.0 Å². The van der Waals surface area contributed by atoms with Crippen molar-refractivity contribution >= 4 is 22.7 Å². The number of aromatic nitrogens is 2. The molecule has 2 aromatic carbocycles. The third-order valence-corrected chi connectivity index (χ3v) is 6.20. The first-order chi connectivity index (χ1) is 16.1. The molecule has 0 radical (unpaired) electrons. The van der Waals surface area contributed by atoms with E-state index in [1.54, 1.807) is 42.6 Å². The van der Waals surface area contributed by atoms with E-state index < -0.39 is 0 Å². The van der Waals surface area contributed by atoms with E-state index in [2.05, 4.69) is 15.6 Å². The van der Waals surface area contributed by atoms with Gasteiger partial charge < -0.3 is 15.6 Å². The molecule has 33 heavy (non-hydrogen) atoms. The second-order valence-corrected chi connectivity index (χ2v) is 8.33. The zero-order valence-electron chi connectivity index (χ0n) is 18.0. The third kappa shape index (κ3) is 4.30. The van der Waals surface area contributed by atoms with Crippen molar-refractivity contribution in [2.75, 3.05) is 0 Å². The number of pyridine rings is 1. The minimum atomic E-state index is -0.194. The summed E-state index contributed by atoms with van der Waals surface area (Å²) < 4.78 is 1.52. The van der Waals surface area contributed by atoms with Gasteiger partial charge in [0.15, 0.2) is 0 Å². The average molecular weight is 441 g/mol. The van der Waals surface area contributed by atoms with Crippen molar-refractivity contribution < 1.29 is 9.59 Å². The Balaban J connectivity index is 1.24. The lowest BCUT2D eigenvalue weighted by atomic mass is 10.1. The molecule has 1 saturated carbocycles. The van der Waals surface area contributed by atoms with Gasteiger partial charge in [0.2, 0.25) is 0 Å². The monoisotopic (exact) mass is 440 g/mol. The molecule has 0 aliphatic heterocycles. The highest BCUT2D eigenvalue weighted by atomic mass is 16.2. The minimum absolute atomic E-state index is 0.122. The van der Waals surface area contributed by atoms with E-state index in [1.807, 2.05) is 30.5 Å². The van der Waals surface area contributed by atoms with Crippen molar-refractivity contribution in [2.45, 2.75) is 31.3 Å². The first-order valence-electron chi connectivity index (χ1n) is 11.1. The van der Waals surface area contributed by atoms with Crippen LogP contribution in [-0.2, 0) is 0 Å². The number of nitrogens with zero attached hydrogens (tertiary/aromatic N) is 1. The number of fused-ring (bicyclic) bond motifs is 1. The molecule has 2 aromatic heterocycles. The van der Waals surface area contributed by atoms with Gasteiger partial charge in [-0.1, -0.05) is 12.1 Å². The maximum atomic E-state index is 12.8. The Hall–Kier alpha value is -4.13. The Bertz CT molecular complexity index is 1370. The molecular weight excluding hydrogens is 416 g/mol. The number of aromatic amines is 1. The highest BCUT2D eigenvalue weighted by molar-refractivity contribution is 5.98. The summed E-state index contributed by atoms with van der Waals surface area (Å²) in [5.74, 6) is -0.337. The molecule has 1 aliphatic carbocycles. The van der Waals surface area contributed by atoms with Gasteiger partial charge in [0.25, 0.3) is 17.4 Å². The SMILES string of the molecule is O=C(N[C@H]1CCC[C@H]1NC(=O)c1ccc2cc[nH]c2c1)c1ccc(-n2ccccc2=O)cc1. The van der Waals surface area contributed by atoms with Crippen LogP contribution in [0.3, 0.4) is 0 Å². The Morgan fingerprint density at radius 1 is 0.848 bits per heavy atom. The number of benzene rings is 2. The van der Waals surface area contributed by atoms with Crippen molar-refractivity contribution in [3.63, 3.8) is 0 Å². The molecule has 0 bridgehead atoms. The Kier molecular flexibility index (Phi) is 5.52. The van der Waals surface area contributed by atoms with Crippen LogP contribution in [0.2, 0.25) is 0 Å². The summed E-state index contributed by atoms with van der Waals surface area (Å²) >= 11 is 0. The van der Waals surface area contributed by atoms with E-state index in [0.29, 0.717) is 16.8 Å². The Morgan fingerprint density at radius 3 is 2.27 bits per heavy atom. The number of hydrogen-bond acceptors (Lipinski definition) is 3. The summed E-state index contributed by atoms with van der Waals surface area (Å²) in [5.41, 5.74) is 2.59. The Morgan fingerprint density at radius 2 is 1.55 bits per heavy atom. The summed E-state index contributed by atoms with van der Waals surface area (Å²) in [6.45, 7) is 0. The van der Waals surface area contributed by atoms with Gasteiger partial charge in [0.05, 0.1) is 0 Å².